The van der Waals surface area contributed by atoms with Gasteiger partial charge in [0.1, 0.15) is 6.54 Å². The summed E-state index contributed by atoms with van der Waals surface area (Å²) in [4.78, 5) is 26.0. The number of anilines is 1. The van der Waals surface area contributed by atoms with Crippen molar-refractivity contribution in [2.24, 2.45) is 0 Å². The molecule has 0 saturated carbocycles. The van der Waals surface area contributed by atoms with Crippen LogP contribution in [0, 0.1) is 13.8 Å². The molecule has 5 nitrogen and oxygen atoms in total. The molecule has 3 rings (SSSR count). The molecule has 0 saturated heterocycles. The van der Waals surface area contributed by atoms with Crippen molar-refractivity contribution in [3.05, 3.63) is 86.8 Å². The number of carbonyl (C=O) groups excluding carboxylic acids is 1. The lowest BCUT2D eigenvalue weighted by molar-refractivity contribution is -0.116. The summed E-state index contributed by atoms with van der Waals surface area (Å²) in [5.74, 6) is 0.553. The van der Waals surface area contributed by atoms with E-state index in [1.54, 1.807) is 22.5 Å². The molecule has 0 bridgehead atoms. The fourth-order valence-electron chi connectivity index (χ4n) is 3.00. The summed E-state index contributed by atoms with van der Waals surface area (Å²) in [5, 5.41) is 3.62. The van der Waals surface area contributed by atoms with Crippen LogP contribution in [0.1, 0.15) is 16.8 Å². The summed E-state index contributed by atoms with van der Waals surface area (Å²) in [6.45, 7) is 4.04. The van der Waals surface area contributed by atoms with Crippen molar-refractivity contribution in [2.75, 3.05) is 12.4 Å². The highest BCUT2D eigenvalue weighted by atomic mass is 35.5. The molecular formula is C23H23ClN2O3S. The number of hydrogen-bond acceptors (Lipinski definition) is 4. The maximum Gasteiger partial charge on any atom is 0.244 e. The van der Waals surface area contributed by atoms with Crippen LogP contribution in [0.5, 0.6) is 5.75 Å². The van der Waals surface area contributed by atoms with Crippen molar-refractivity contribution in [3.8, 4) is 5.75 Å². The van der Waals surface area contributed by atoms with Crippen molar-refractivity contribution in [1.29, 1.82) is 0 Å². The van der Waals surface area contributed by atoms with E-state index < -0.39 is 0 Å². The Hall–Kier alpha value is -2.70. The molecule has 0 spiro atoms. The monoisotopic (exact) mass is 442 g/mol. The third kappa shape index (κ3) is 5.68. The number of hydrogen-bond donors (Lipinski definition) is 1. The minimum Gasteiger partial charge on any atom is -0.491 e. The molecule has 0 unspecified atom stereocenters. The normalized spacial score (nSPS) is 10.7. The van der Waals surface area contributed by atoms with Gasteiger partial charge in [0.15, 0.2) is 5.75 Å². The second kappa shape index (κ2) is 9.87. The molecule has 0 aliphatic rings. The van der Waals surface area contributed by atoms with Crippen LogP contribution in [-0.4, -0.2) is 17.6 Å². The number of methoxy groups -OCH3 is 1. The van der Waals surface area contributed by atoms with Gasteiger partial charge in [0.05, 0.1) is 13.3 Å². The van der Waals surface area contributed by atoms with Gasteiger partial charge >= 0.3 is 0 Å². The number of rotatable bonds is 7. The molecule has 0 aliphatic carbocycles. The third-order valence-electron chi connectivity index (χ3n) is 4.57. The first-order chi connectivity index (χ1) is 14.4. The molecule has 0 atom stereocenters. The van der Waals surface area contributed by atoms with E-state index in [0.29, 0.717) is 10.8 Å². The average molecular weight is 443 g/mol. The second-order valence-electron chi connectivity index (χ2n) is 6.93. The smallest absolute Gasteiger partial charge is 0.244 e. The molecule has 30 heavy (non-hydrogen) atoms. The molecule has 1 aromatic heterocycles. The molecule has 3 aromatic rings. The number of benzene rings is 2. The third-order valence-corrected chi connectivity index (χ3v) is 5.87. The number of aryl methyl sites for hydroxylation is 2. The van der Waals surface area contributed by atoms with Crippen LogP contribution in [0.2, 0.25) is 5.02 Å². The Morgan fingerprint density at radius 3 is 2.53 bits per heavy atom. The first kappa shape index (κ1) is 22.0. The van der Waals surface area contributed by atoms with E-state index in [-0.39, 0.29) is 23.6 Å². The maximum atomic E-state index is 12.7. The van der Waals surface area contributed by atoms with Crippen LogP contribution < -0.4 is 15.5 Å². The van der Waals surface area contributed by atoms with E-state index in [1.807, 2.05) is 56.3 Å². The first-order valence-electron chi connectivity index (χ1n) is 9.38. The Balaban J connectivity index is 1.79. The van der Waals surface area contributed by atoms with Gasteiger partial charge in [0.25, 0.3) is 0 Å². The zero-order chi connectivity index (χ0) is 21.7. The molecular weight excluding hydrogens is 420 g/mol. The number of pyridine rings is 1. The van der Waals surface area contributed by atoms with Crippen LogP contribution >= 0.6 is 23.4 Å². The van der Waals surface area contributed by atoms with Crippen molar-refractivity contribution >= 4 is 35.0 Å². The van der Waals surface area contributed by atoms with Crippen LogP contribution in [0.4, 0.5) is 5.69 Å². The first-order valence-corrected chi connectivity index (χ1v) is 10.7. The van der Waals surface area contributed by atoms with Gasteiger partial charge in [-0.3, -0.25) is 9.59 Å². The summed E-state index contributed by atoms with van der Waals surface area (Å²) in [6.07, 6.45) is 1.58. The van der Waals surface area contributed by atoms with Gasteiger partial charge in [-0.25, -0.2) is 0 Å². The lowest BCUT2D eigenvalue weighted by Gasteiger charge is -2.15. The van der Waals surface area contributed by atoms with Gasteiger partial charge in [0, 0.05) is 33.1 Å². The standard InChI is InChI=1S/C23H23ClN2O3S/c1-15-4-9-20(16(2)10-15)25-23(28)13-26-12-22(29-3)21(27)11-18(26)14-30-19-7-5-17(24)6-8-19/h4-12H,13-14H2,1-3H3,(H,25,28). The highest BCUT2D eigenvalue weighted by Gasteiger charge is 2.12. The van der Waals surface area contributed by atoms with Crippen LogP contribution in [0.25, 0.3) is 0 Å². The summed E-state index contributed by atoms with van der Waals surface area (Å²) in [6, 6.07) is 14.9. The van der Waals surface area contributed by atoms with Gasteiger partial charge in [0.2, 0.25) is 11.3 Å². The number of nitrogens with one attached hydrogen (secondary N) is 1. The number of aromatic nitrogens is 1. The van der Waals surface area contributed by atoms with Crippen LogP contribution in [0.3, 0.4) is 0 Å². The zero-order valence-corrected chi connectivity index (χ0v) is 18.6. The minimum absolute atomic E-state index is 0.0699. The predicted molar refractivity (Wildman–Crippen MR) is 123 cm³/mol. The van der Waals surface area contributed by atoms with Gasteiger partial charge in [-0.1, -0.05) is 29.3 Å². The van der Waals surface area contributed by atoms with E-state index in [9.17, 15) is 9.59 Å². The molecule has 0 fully saturated rings. The number of halogens is 1. The molecule has 156 valence electrons. The molecule has 1 amide bonds. The summed E-state index contributed by atoms with van der Waals surface area (Å²) < 4.78 is 6.91. The SMILES string of the molecule is COc1cn(CC(=O)Nc2ccc(C)cc2C)c(CSc2ccc(Cl)cc2)cc1=O. The minimum atomic E-state index is -0.213. The zero-order valence-electron chi connectivity index (χ0n) is 17.1. The lowest BCUT2D eigenvalue weighted by atomic mass is 10.1. The Bertz CT molecular complexity index is 1110. The van der Waals surface area contributed by atoms with E-state index in [4.69, 9.17) is 16.3 Å². The van der Waals surface area contributed by atoms with Crippen molar-refractivity contribution in [2.45, 2.75) is 31.0 Å². The molecule has 7 heteroatoms. The highest BCUT2D eigenvalue weighted by molar-refractivity contribution is 7.98. The van der Waals surface area contributed by atoms with Crippen molar-refractivity contribution in [1.82, 2.24) is 4.57 Å². The van der Waals surface area contributed by atoms with Gasteiger partial charge < -0.3 is 14.6 Å². The fourth-order valence-corrected chi connectivity index (χ4v) is 4.02. The topological polar surface area (TPSA) is 60.3 Å². The van der Waals surface area contributed by atoms with Crippen LogP contribution in [0.15, 0.2) is 64.4 Å². The van der Waals surface area contributed by atoms with Gasteiger partial charge in [-0.15, -0.1) is 11.8 Å². The van der Waals surface area contributed by atoms with Crippen molar-refractivity contribution < 1.29 is 9.53 Å². The van der Waals surface area contributed by atoms with Crippen LogP contribution in [-0.2, 0) is 17.1 Å². The fraction of sp³-hybridized carbons (Fsp3) is 0.217. The second-order valence-corrected chi connectivity index (χ2v) is 8.42. The number of ether oxygens (including phenoxy) is 1. The quantitative estimate of drug-likeness (QED) is 0.519. The maximum absolute atomic E-state index is 12.7. The number of amides is 1. The number of carbonyl (C=O) groups is 1. The lowest BCUT2D eigenvalue weighted by Crippen LogP contribution is -2.23. The molecule has 1 N–H and O–H groups in total. The van der Waals surface area contributed by atoms with Gasteiger partial charge in [-0.2, -0.15) is 0 Å². The Kier molecular flexibility index (Phi) is 7.24. The molecule has 0 radical (unpaired) electrons. The Morgan fingerprint density at radius 1 is 1.13 bits per heavy atom. The number of thioether (sulfide) groups is 1. The Morgan fingerprint density at radius 2 is 1.87 bits per heavy atom. The average Bonchev–Trinajstić information content (AvgIpc) is 2.71. The summed E-state index contributed by atoms with van der Waals surface area (Å²) in [7, 11) is 1.44. The summed E-state index contributed by atoms with van der Waals surface area (Å²) in [5.41, 5.74) is 3.43. The van der Waals surface area contributed by atoms with Gasteiger partial charge in [-0.05, 0) is 49.7 Å². The largest absolute Gasteiger partial charge is 0.491 e. The molecule has 2 aromatic carbocycles. The van der Waals surface area contributed by atoms with E-state index in [2.05, 4.69) is 5.32 Å². The van der Waals surface area contributed by atoms with E-state index >= 15 is 0 Å². The summed E-state index contributed by atoms with van der Waals surface area (Å²) >= 11 is 7.50. The van der Waals surface area contributed by atoms with Crippen molar-refractivity contribution in [3.63, 3.8) is 0 Å². The molecule has 0 aliphatic heterocycles. The Labute approximate surface area is 185 Å². The molecule has 1 heterocycles. The number of nitrogens with zero attached hydrogens (tertiary/aromatic N) is 1. The highest BCUT2D eigenvalue weighted by Crippen LogP contribution is 2.24. The predicted octanol–water partition coefficient (Wildman–Crippen LogP) is 5.06. The van der Waals surface area contributed by atoms with E-state index in [0.717, 1.165) is 27.4 Å². The van der Waals surface area contributed by atoms with E-state index in [1.165, 1.54) is 13.2 Å².